The van der Waals surface area contributed by atoms with Gasteiger partial charge in [-0.15, -0.1) is 0 Å². The van der Waals surface area contributed by atoms with Gasteiger partial charge in [-0.05, 0) is 42.3 Å². The monoisotopic (exact) mass is 410 g/mol. The van der Waals surface area contributed by atoms with Gasteiger partial charge >= 0.3 is 5.97 Å². The molecular weight excluding hydrogens is 392 g/mol. The summed E-state index contributed by atoms with van der Waals surface area (Å²) in [6.07, 6.45) is 0.274. The lowest BCUT2D eigenvalue weighted by atomic mass is 10.1. The number of carbonyl (C=O) groups excluding carboxylic acids is 1. The molecule has 0 atom stereocenters. The van der Waals surface area contributed by atoms with E-state index < -0.39 is 16.0 Å². The van der Waals surface area contributed by atoms with E-state index in [0.29, 0.717) is 17.5 Å². The normalized spacial score (nSPS) is 11.1. The minimum Gasteiger partial charge on any atom is -0.481 e. The third kappa shape index (κ3) is 5.45. The molecule has 2 rings (SSSR count). The standard InChI is InChI=1S/C18H19ClN2O5S/c1-21(2)18(24)13-6-9-15(19)16(11-13)20-27(25,26)14-7-3-12(4-8-14)5-10-17(22)23/h3-4,6-9,11,20H,5,10H2,1-2H3,(H,22,23). The third-order valence-corrected chi connectivity index (χ3v) is 5.44. The number of carbonyl (C=O) groups is 2. The Kier molecular flexibility index (Phi) is 6.45. The Hall–Kier alpha value is -2.58. The lowest BCUT2D eigenvalue weighted by Gasteiger charge is -2.14. The van der Waals surface area contributed by atoms with Crippen molar-refractivity contribution in [2.45, 2.75) is 17.7 Å². The number of aliphatic carboxylic acids is 1. The zero-order valence-electron chi connectivity index (χ0n) is 14.8. The SMILES string of the molecule is CN(C)C(=O)c1ccc(Cl)c(NS(=O)(=O)c2ccc(CCC(=O)O)cc2)c1. The molecule has 0 aliphatic rings. The molecule has 0 aliphatic carbocycles. The van der Waals surface area contributed by atoms with Crippen molar-refractivity contribution in [3.63, 3.8) is 0 Å². The Bertz CT molecular complexity index is 956. The summed E-state index contributed by atoms with van der Waals surface area (Å²) < 4.78 is 27.6. The molecule has 2 N–H and O–H groups in total. The molecule has 0 saturated heterocycles. The highest BCUT2D eigenvalue weighted by atomic mass is 35.5. The summed E-state index contributed by atoms with van der Waals surface area (Å²) in [5.41, 5.74) is 1.11. The number of hydrogen-bond acceptors (Lipinski definition) is 4. The van der Waals surface area contributed by atoms with Crippen LogP contribution in [-0.2, 0) is 21.2 Å². The molecule has 0 unspecified atom stereocenters. The average Bonchev–Trinajstić information content (AvgIpc) is 2.61. The van der Waals surface area contributed by atoms with Crippen LogP contribution in [-0.4, -0.2) is 44.4 Å². The molecule has 0 radical (unpaired) electrons. The molecule has 0 aromatic heterocycles. The number of amides is 1. The number of nitrogens with one attached hydrogen (secondary N) is 1. The molecule has 0 aliphatic heterocycles. The van der Waals surface area contributed by atoms with Crippen molar-refractivity contribution in [2.24, 2.45) is 0 Å². The number of anilines is 1. The molecule has 144 valence electrons. The van der Waals surface area contributed by atoms with Gasteiger partial charge in [-0.1, -0.05) is 23.7 Å². The fourth-order valence-electron chi connectivity index (χ4n) is 2.28. The van der Waals surface area contributed by atoms with Gasteiger partial charge in [0, 0.05) is 26.1 Å². The van der Waals surface area contributed by atoms with Crippen LogP contribution in [0.4, 0.5) is 5.69 Å². The van der Waals surface area contributed by atoms with E-state index in [1.54, 1.807) is 26.2 Å². The van der Waals surface area contributed by atoms with Gasteiger partial charge in [-0.3, -0.25) is 14.3 Å². The van der Waals surface area contributed by atoms with Crippen LogP contribution in [0.15, 0.2) is 47.4 Å². The van der Waals surface area contributed by atoms with E-state index >= 15 is 0 Å². The summed E-state index contributed by atoms with van der Waals surface area (Å²) >= 11 is 6.06. The smallest absolute Gasteiger partial charge is 0.303 e. The highest BCUT2D eigenvalue weighted by molar-refractivity contribution is 7.92. The molecule has 0 fully saturated rings. The first kappa shape index (κ1) is 20.7. The maximum atomic E-state index is 12.6. The number of benzene rings is 2. The zero-order chi connectivity index (χ0) is 20.2. The van der Waals surface area contributed by atoms with Crippen LogP contribution in [0.25, 0.3) is 0 Å². The summed E-state index contributed by atoms with van der Waals surface area (Å²) in [6.45, 7) is 0. The fourth-order valence-corrected chi connectivity index (χ4v) is 3.58. The Balaban J connectivity index is 2.24. The molecule has 0 spiro atoms. The van der Waals surface area contributed by atoms with Gasteiger partial charge in [-0.2, -0.15) is 0 Å². The highest BCUT2D eigenvalue weighted by Gasteiger charge is 2.18. The summed E-state index contributed by atoms with van der Waals surface area (Å²) in [7, 11) is -0.742. The first-order valence-electron chi connectivity index (χ1n) is 7.95. The summed E-state index contributed by atoms with van der Waals surface area (Å²) in [4.78, 5) is 24.0. The van der Waals surface area contributed by atoms with E-state index in [1.165, 1.54) is 35.2 Å². The van der Waals surface area contributed by atoms with Crippen LogP contribution < -0.4 is 4.72 Å². The van der Waals surface area contributed by atoms with Gasteiger partial charge in [0.15, 0.2) is 0 Å². The summed E-state index contributed by atoms with van der Waals surface area (Å²) in [5, 5.41) is 8.86. The van der Waals surface area contributed by atoms with E-state index in [1.807, 2.05) is 0 Å². The number of rotatable bonds is 7. The van der Waals surface area contributed by atoms with E-state index in [4.69, 9.17) is 16.7 Å². The topological polar surface area (TPSA) is 104 Å². The van der Waals surface area contributed by atoms with Crippen molar-refractivity contribution in [2.75, 3.05) is 18.8 Å². The number of hydrogen-bond donors (Lipinski definition) is 2. The number of carboxylic acids is 1. The first-order valence-corrected chi connectivity index (χ1v) is 9.81. The second kappa shape index (κ2) is 8.41. The van der Waals surface area contributed by atoms with Crippen LogP contribution in [0.3, 0.4) is 0 Å². The molecular formula is C18H19ClN2O5S. The van der Waals surface area contributed by atoms with Gasteiger partial charge in [0.25, 0.3) is 15.9 Å². The minimum atomic E-state index is -3.92. The highest BCUT2D eigenvalue weighted by Crippen LogP contribution is 2.26. The molecule has 2 aromatic rings. The second-order valence-corrected chi connectivity index (χ2v) is 8.13. The van der Waals surface area contributed by atoms with Crippen LogP contribution >= 0.6 is 11.6 Å². The molecule has 1 amide bonds. The fraction of sp³-hybridized carbons (Fsp3) is 0.222. The molecule has 0 heterocycles. The van der Waals surface area contributed by atoms with Crippen molar-refractivity contribution >= 4 is 39.2 Å². The Morgan fingerprint density at radius 3 is 2.30 bits per heavy atom. The van der Waals surface area contributed by atoms with Crippen LogP contribution in [0.1, 0.15) is 22.3 Å². The predicted molar refractivity (Wildman–Crippen MR) is 103 cm³/mol. The molecule has 0 bridgehead atoms. The largest absolute Gasteiger partial charge is 0.481 e. The Morgan fingerprint density at radius 1 is 1.11 bits per heavy atom. The van der Waals surface area contributed by atoms with Gasteiger partial charge < -0.3 is 10.0 Å². The van der Waals surface area contributed by atoms with Crippen LogP contribution in [0.5, 0.6) is 0 Å². The van der Waals surface area contributed by atoms with Crippen molar-refractivity contribution < 1.29 is 23.1 Å². The van der Waals surface area contributed by atoms with Gasteiger partial charge in [0.05, 0.1) is 15.6 Å². The first-order chi connectivity index (χ1) is 12.6. The number of sulfonamides is 1. The van der Waals surface area contributed by atoms with E-state index in [2.05, 4.69) is 4.72 Å². The zero-order valence-corrected chi connectivity index (χ0v) is 16.3. The summed E-state index contributed by atoms with van der Waals surface area (Å²) in [5.74, 6) is -1.20. The molecule has 2 aromatic carbocycles. The molecule has 0 saturated carbocycles. The quantitative estimate of drug-likeness (QED) is 0.730. The number of carboxylic acid groups (broad SMARTS) is 1. The summed E-state index contributed by atoms with van der Waals surface area (Å²) in [6, 6.07) is 10.2. The predicted octanol–water partition coefficient (Wildman–Crippen LogP) is 2.86. The average molecular weight is 411 g/mol. The van der Waals surface area contributed by atoms with Crippen molar-refractivity contribution in [1.29, 1.82) is 0 Å². The Labute approximate surface area is 162 Å². The van der Waals surface area contributed by atoms with Gasteiger partial charge in [0.2, 0.25) is 0 Å². The van der Waals surface area contributed by atoms with E-state index in [9.17, 15) is 18.0 Å². The maximum Gasteiger partial charge on any atom is 0.303 e. The minimum absolute atomic E-state index is 0.00183. The lowest BCUT2D eigenvalue weighted by molar-refractivity contribution is -0.136. The molecule has 27 heavy (non-hydrogen) atoms. The van der Waals surface area contributed by atoms with Crippen molar-refractivity contribution in [1.82, 2.24) is 4.90 Å². The lowest BCUT2D eigenvalue weighted by Crippen LogP contribution is -2.22. The number of halogens is 1. The number of nitrogens with zero attached hydrogens (tertiary/aromatic N) is 1. The van der Waals surface area contributed by atoms with E-state index in [0.717, 1.165) is 0 Å². The van der Waals surface area contributed by atoms with Crippen molar-refractivity contribution in [3.8, 4) is 0 Å². The number of aryl methyl sites for hydroxylation is 1. The van der Waals surface area contributed by atoms with Gasteiger partial charge in [-0.25, -0.2) is 8.42 Å². The maximum absolute atomic E-state index is 12.6. The van der Waals surface area contributed by atoms with E-state index in [-0.39, 0.29) is 27.9 Å². The Morgan fingerprint density at radius 2 is 1.74 bits per heavy atom. The molecule has 9 heteroatoms. The van der Waals surface area contributed by atoms with Crippen LogP contribution in [0, 0.1) is 0 Å². The molecule has 7 nitrogen and oxygen atoms in total. The van der Waals surface area contributed by atoms with Crippen molar-refractivity contribution in [3.05, 3.63) is 58.6 Å². The van der Waals surface area contributed by atoms with Gasteiger partial charge in [0.1, 0.15) is 0 Å². The second-order valence-electron chi connectivity index (χ2n) is 6.04. The third-order valence-electron chi connectivity index (χ3n) is 3.73. The van der Waals surface area contributed by atoms with Crippen LogP contribution in [0.2, 0.25) is 5.02 Å².